The van der Waals surface area contributed by atoms with Crippen LogP contribution in [0.5, 0.6) is 0 Å². The van der Waals surface area contributed by atoms with Crippen LogP contribution in [0.3, 0.4) is 0 Å². The minimum atomic E-state index is -3.99. The number of hydrogen-bond donors (Lipinski definition) is 1. The van der Waals surface area contributed by atoms with Gasteiger partial charge in [0.2, 0.25) is 5.92 Å². The average Bonchev–Trinajstić information content (AvgIpc) is 3.03. The van der Waals surface area contributed by atoms with Crippen LogP contribution in [-0.4, -0.2) is 29.1 Å². The van der Waals surface area contributed by atoms with Gasteiger partial charge in [-0.3, -0.25) is 9.29 Å². The molecule has 1 aliphatic carbocycles. The zero-order chi connectivity index (χ0) is 23.3. The predicted molar refractivity (Wildman–Crippen MR) is 126 cm³/mol. The van der Waals surface area contributed by atoms with E-state index in [4.69, 9.17) is 0 Å². The fraction of sp³-hybridized carbons (Fsp3) is 0.400. The molecule has 1 aromatic rings. The Morgan fingerprint density at radius 2 is 1.84 bits per heavy atom. The van der Waals surface area contributed by atoms with E-state index in [0.717, 1.165) is 9.35 Å². The molecule has 32 heavy (non-hydrogen) atoms. The average molecular weight is 564 g/mol. The van der Waals surface area contributed by atoms with E-state index >= 15 is 0 Å². The van der Waals surface area contributed by atoms with E-state index in [1.165, 1.54) is 39.8 Å². The summed E-state index contributed by atoms with van der Waals surface area (Å²) in [5.41, 5.74) is 0.446. The van der Waals surface area contributed by atoms with Crippen molar-refractivity contribution >= 4 is 54.9 Å². The van der Waals surface area contributed by atoms with Crippen molar-refractivity contribution in [1.82, 2.24) is 9.55 Å². The van der Waals surface area contributed by atoms with Crippen molar-refractivity contribution < 1.29 is 17.2 Å². The Hall–Kier alpha value is -1.50. The summed E-state index contributed by atoms with van der Waals surface area (Å²) in [6.07, 6.45) is 0.348. The number of nitrogens with zero attached hydrogens (tertiary/aromatic N) is 2. The lowest BCUT2D eigenvalue weighted by atomic mass is 9.96. The van der Waals surface area contributed by atoms with Gasteiger partial charge in [0.05, 0.1) is 9.10 Å². The highest BCUT2D eigenvalue weighted by Crippen LogP contribution is 2.45. The maximum atomic E-state index is 13.6. The van der Waals surface area contributed by atoms with E-state index in [1.54, 1.807) is 19.1 Å². The van der Waals surface area contributed by atoms with Crippen LogP contribution in [0, 0.1) is 13.8 Å². The zero-order valence-electron chi connectivity index (χ0n) is 17.2. The highest BCUT2D eigenvalue weighted by molar-refractivity contribution is 9.10. The summed E-state index contributed by atoms with van der Waals surface area (Å²) in [5.74, 6) is -2.69. The largest absolute Gasteiger partial charge is 0.354 e. The van der Waals surface area contributed by atoms with Gasteiger partial charge in [-0.15, -0.1) is 23.1 Å². The van der Waals surface area contributed by atoms with Crippen LogP contribution in [0.1, 0.15) is 36.3 Å². The number of nitrogens with one attached hydrogen (secondary N) is 1. The maximum absolute atomic E-state index is 13.6. The molecule has 1 saturated carbocycles. The standard InChI is InChI=1S/C20H20BrF2N3O3S3/c1-11-12(2)30-18(31-14-7-9-20(22,23)10-8-14)16-17(24-19(27)26(11)16)25-32(28,29)15-5-3-13(21)4-6-15/h3-6,14H,7-10H2,1-2H3,(H,24,25,27). The lowest BCUT2D eigenvalue weighted by molar-refractivity contribution is -0.0323. The van der Waals surface area contributed by atoms with Crippen molar-refractivity contribution in [1.29, 1.82) is 0 Å². The molecule has 0 atom stereocenters. The van der Waals surface area contributed by atoms with Crippen molar-refractivity contribution in [2.24, 2.45) is 0 Å². The molecular weight excluding hydrogens is 544 g/mol. The maximum Gasteiger partial charge on any atom is 0.354 e. The van der Waals surface area contributed by atoms with Crippen molar-refractivity contribution in [2.75, 3.05) is 4.72 Å². The number of benzene rings is 1. The van der Waals surface area contributed by atoms with Gasteiger partial charge in [-0.25, -0.2) is 22.0 Å². The number of imidazole rings is 1. The summed E-state index contributed by atoms with van der Waals surface area (Å²) in [6, 6.07) is 6.10. The van der Waals surface area contributed by atoms with Gasteiger partial charge in [0.15, 0.2) is 5.82 Å². The van der Waals surface area contributed by atoms with E-state index < -0.39 is 21.6 Å². The van der Waals surface area contributed by atoms with E-state index in [1.807, 2.05) is 6.92 Å². The number of anilines is 1. The summed E-state index contributed by atoms with van der Waals surface area (Å²) in [7, 11) is -3.99. The first-order valence-corrected chi connectivity index (χ1v) is 13.8. The molecule has 2 aliphatic heterocycles. The van der Waals surface area contributed by atoms with Crippen molar-refractivity contribution in [3.05, 3.63) is 49.8 Å². The number of aryl methyl sites for hydroxylation is 1. The molecule has 1 N–H and O–H groups in total. The molecule has 2 heterocycles. The third-order valence-electron chi connectivity index (χ3n) is 5.42. The summed E-state index contributed by atoms with van der Waals surface area (Å²) in [4.78, 5) is 17.6. The first-order chi connectivity index (χ1) is 15.0. The molecule has 0 radical (unpaired) electrons. The van der Waals surface area contributed by atoms with Crippen LogP contribution in [0.25, 0.3) is 5.69 Å². The Bertz CT molecular complexity index is 1280. The third kappa shape index (κ3) is 4.73. The zero-order valence-corrected chi connectivity index (χ0v) is 21.2. The van der Waals surface area contributed by atoms with Crippen LogP contribution >= 0.6 is 39.0 Å². The minimum absolute atomic E-state index is 0.0329. The molecule has 1 fully saturated rings. The van der Waals surface area contributed by atoms with Gasteiger partial charge in [0.25, 0.3) is 10.0 Å². The van der Waals surface area contributed by atoms with Crippen molar-refractivity contribution in [3.63, 3.8) is 0 Å². The summed E-state index contributed by atoms with van der Waals surface area (Å²) < 4.78 is 58.3. The van der Waals surface area contributed by atoms with E-state index in [2.05, 4.69) is 25.6 Å². The highest BCUT2D eigenvalue weighted by Gasteiger charge is 2.36. The molecular formula is C20H20BrF2N3O3S3. The Balaban J connectivity index is 1.74. The van der Waals surface area contributed by atoms with Crippen LogP contribution in [0.2, 0.25) is 0 Å². The number of hydrogen-bond acceptors (Lipinski definition) is 6. The number of aromatic nitrogens is 2. The smallest absolute Gasteiger partial charge is 0.261 e. The number of halogens is 3. The second-order valence-corrected chi connectivity index (χ2v) is 13.1. The molecule has 0 amide bonds. The first-order valence-electron chi connectivity index (χ1n) is 9.82. The second kappa shape index (κ2) is 8.69. The van der Waals surface area contributed by atoms with Gasteiger partial charge in [-0.2, -0.15) is 4.98 Å². The number of fused-ring (bicyclic) bond motifs is 1. The van der Waals surface area contributed by atoms with Gasteiger partial charge in [-0.1, -0.05) is 15.9 Å². The summed E-state index contributed by atoms with van der Waals surface area (Å²) >= 11 is 6.10. The Morgan fingerprint density at radius 1 is 1.22 bits per heavy atom. The molecule has 0 saturated heterocycles. The number of rotatable bonds is 5. The molecule has 0 unspecified atom stereocenters. The van der Waals surface area contributed by atoms with E-state index in [9.17, 15) is 22.0 Å². The van der Waals surface area contributed by atoms with Gasteiger partial charge in [-0.05, 0) is 51.0 Å². The number of thioether (sulfide) groups is 1. The molecule has 172 valence electrons. The molecule has 12 heteroatoms. The SMILES string of the molecule is Cc1sc(SC2CCC(F)(F)CC2)c2c(NS(=O)(=O)c3ccc(Br)cc3)nc(=O)n-2c1C. The van der Waals surface area contributed by atoms with Gasteiger partial charge < -0.3 is 0 Å². The fourth-order valence-corrected chi connectivity index (χ4v) is 7.68. The van der Waals surface area contributed by atoms with Gasteiger partial charge in [0.1, 0.15) is 5.69 Å². The topological polar surface area (TPSA) is 81.1 Å². The van der Waals surface area contributed by atoms with Gasteiger partial charge in [0, 0.05) is 33.1 Å². The van der Waals surface area contributed by atoms with Crippen LogP contribution in [0.15, 0.2) is 42.6 Å². The van der Waals surface area contributed by atoms with E-state index in [-0.39, 0.29) is 28.8 Å². The van der Waals surface area contributed by atoms with Gasteiger partial charge >= 0.3 is 5.69 Å². The molecule has 0 spiro atoms. The molecule has 1 aromatic carbocycles. The Morgan fingerprint density at radius 3 is 2.47 bits per heavy atom. The summed E-state index contributed by atoms with van der Waals surface area (Å²) in [5, 5.41) is -0.0438. The number of alkyl halides is 2. The van der Waals surface area contributed by atoms with E-state index in [0.29, 0.717) is 28.4 Å². The van der Waals surface area contributed by atoms with Crippen LogP contribution in [0.4, 0.5) is 14.6 Å². The van der Waals surface area contributed by atoms with Crippen LogP contribution in [-0.2, 0) is 10.0 Å². The van der Waals surface area contributed by atoms with Crippen LogP contribution < -0.4 is 10.4 Å². The lowest BCUT2D eigenvalue weighted by Gasteiger charge is -2.28. The lowest BCUT2D eigenvalue weighted by Crippen LogP contribution is -2.26. The minimum Gasteiger partial charge on any atom is -0.261 e. The molecule has 3 aliphatic rings. The normalized spacial score (nSPS) is 17.0. The predicted octanol–water partition coefficient (Wildman–Crippen LogP) is 5.58. The molecule has 6 nitrogen and oxygen atoms in total. The quantitative estimate of drug-likeness (QED) is 0.438. The Labute approximate surface area is 201 Å². The molecule has 0 bridgehead atoms. The van der Waals surface area contributed by atoms with Crippen molar-refractivity contribution in [2.45, 2.75) is 59.8 Å². The van der Waals surface area contributed by atoms with Crippen molar-refractivity contribution in [3.8, 4) is 5.69 Å². The third-order valence-corrected chi connectivity index (χ3v) is 10.0. The Kier molecular flexibility index (Phi) is 6.43. The monoisotopic (exact) mass is 563 g/mol. The molecule has 4 rings (SSSR count). The first kappa shape index (κ1) is 23.7. The second-order valence-electron chi connectivity index (χ2n) is 7.69. The summed E-state index contributed by atoms with van der Waals surface area (Å²) in [6.45, 7) is 3.63. The fourth-order valence-electron chi connectivity index (χ4n) is 3.55. The highest BCUT2D eigenvalue weighted by atomic mass is 79.9. The molecule has 0 aromatic heterocycles. The number of sulfonamides is 1.